The molecular weight excluding hydrogens is 1700 g/mol. The van der Waals surface area contributed by atoms with Crippen molar-refractivity contribution >= 4 is 106 Å². The van der Waals surface area contributed by atoms with E-state index in [1.807, 2.05) is 27.7 Å². The molecule has 17 amide bonds. The predicted molar refractivity (Wildman–Crippen MR) is 497 cm³/mol. The maximum atomic E-state index is 14.8. The summed E-state index contributed by atoms with van der Waals surface area (Å²) in [7, 11) is 0. The molecule has 43 nitrogen and oxygen atoms in total. The van der Waals surface area contributed by atoms with Crippen LogP contribution in [0.5, 0.6) is 0 Å². The molecule has 0 saturated carbocycles. The molecule has 0 aliphatic heterocycles. The van der Waals surface area contributed by atoms with Crippen LogP contribution in [0.3, 0.4) is 0 Å². The minimum atomic E-state index is -1.87. The Morgan fingerprint density at radius 2 is 0.366 bits per heavy atom. The summed E-state index contributed by atoms with van der Waals surface area (Å²) >= 11 is 0. The lowest BCUT2D eigenvalue weighted by Gasteiger charge is -2.29. The molecule has 0 saturated heterocycles. The summed E-state index contributed by atoms with van der Waals surface area (Å²) in [5, 5.41) is 52.3. The van der Waals surface area contributed by atoms with E-state index in [0.717, 1.165) is 0 Å². The lowest BCUT2D eigenvalue weighted by molar-refractivity contribution is -0.141. The first-order valence-electron chi connectivity index (χ1n) is 46.8. The van der Waals surface area contributed by atoms with Gasteiger partial charge in [-0.05, 0) is 250 Å². The third kappa shape index (κ3) is 51.7. The highest BCUT2D eigenvalue weighted by Gasteiger charge is 2.40. The van der Waals surface area contributed by atoms with Gasteiger partial charge in [0.2, 0.25) is 100 Å². The van der Waals surface area contributed by atoms with Gasteiger partial charge in [0.1, 0.15) is 96.7 Å². The normalized spacial score (nSPS) is 15.4. The van der Waals surface area contributed by atoms with Crippen molar-refractivity contribution in [3.05, 3.63) is 0 Å². The van der Waals surface area contributed by atoms with Gasteiger partial charge >= 0.3 is 5.97 Å². The molecule has 0 bridgehead atoms. The highest BCUT2D eigenvalue weighted by Crippen LogP contribution is 2.18. The van der Waals surface area contributed by atoms with E-state index in [1.54, 1.807) is 55.4 Å². The summed E-state index contributed by atoms with van der Waals surface area (Å²) in [6.07, 6.45) is 4.50. The Balaban J connectivity index is 7.07. The second kappa shape index (κ2) is 66.5. The highest BCUT2D eigenvalue weighted by molar-refractivity contribution is 6.01. The number of nitrogens with two attached hydrogens (primary N) is 8. The molecule has 0 spiro atoms. The van der Waals surface area contributed by atoms with Crippen LogP contribution in [-0.4, -0.2) is 253 Å². The molecule has 33 N–H and O–H groups in total. The van der Waals surface area contributed by atoms with Gasteiger partial charge in [0.25, 0.3) is 0 Å². The second-order valence-corrected chi connectivity index (χ2v) is 36.7. The van der Waals surface area contributed by atoms with Gasteiger partial charge in [-0.15, -0.1) is 0 Å². The zero-order valence-corrected chi connectivity index (χ0v) is 80.6. The van der Waals surface area contributed by atoms with E-state index in [0.29, 0.717) is 77.2 Å². The van der Waals surface area contributed by atoms with Crippen LogP contribution in [0.15, 0.2) is 0 Å². The van der Waals surface area contributed by atoms with Crippen LogP contribution in [0.2, 0.25) is 0 Å². The fourth-order valence-corrected chi connectivity index (χ4v) is 13.9. The van der Waals surface area contributed by atoms with Crippen LogP contribution in [0.4, 0.5) is 0 Å². The fraction of sp³-hybridized carbons (Fsp3) is 0.795. The summed E-state index contributed by atoms with van der Waals surface area (Å²) in [6, 6.07) is -22.3. The molecule has 0 fully saturated rings. The number of amides is 17. The van der Waals surface area contributed by atoms with E-state index < -0.39 is 216 Å². The average molecular weight is 1860 g/mol. The summed E-state index contributed by atoms with van der Waals surface area (Å²) < 4.78 is 0. The molecule has 752 valence electrons. The number of hydrogen-bond donors (Lipinski definition) is 25. The third-order valence-corrected chi connectivity index (χ3v) is 21.3. The molecule has 17 atom stereocenters. The van der Waals surface area contributed by atoms with Gasteiger partial charge in [0.15, 0.2) is 0 Å². The van der Waals surface area contributed by atoms with Gasteiger partial charge in [-0.1, -0.05) is 89.5 Å². The molecule has 0 unspecified atom stereocenters. The van der Waals surface area contributed by atoms with Crippen molar-refractivity contribution in [2.75, 3.05) is 39.3 Å². The summed E-state index contributed by atoms with van der Waals surface area (Å²) in [5.74, 6) is -16.7. The standard InChI is InChI=1S/C88H166N24O19/c1-48(2)41-64(109-76(119)58(95)29-17-23-35-89)83(126)100-57(16)74(117)107-66(43-50(5)6)84(127)102-59(30-18-24-36-90)77(120)98-55(14)73(116)106-67(44-51(7)8)85(128)104-61(32-20-26-38-92)79(122)101-62(33-21-27-39-93)80(123)111-68(45-52(9)10)86(129)103-60(31-19-25-37-91)78(121)99-56(15)75(118)108-70(47-71(113)114)88(131)112-69(46-53(11)12)87(130)105-63(34-22-28-40-94)81(124)110-65(42-49(3)4)82(125)97-54(13)72(96)115/h48-70H,17-47,89-95H2,1-16H3,(H2,96,115)(H,97,125)(H,98,120)(H,99,121)(H,100,126)(H,101,122)(H,102,127)(H,103,129)(H,104,128)(H,105,130)(H,106,116)(H,107,117)(H,108,118)(H,109,119)(H,110,124)(H,111,123)(H,112,131)(H,113,114)/t54-,55-,56-,57-,58-,59-,60-,61-,62-,63-,64-,65-,66-,67-,68-,69-,70-/m0/s1. The number of carboxylic acid groups (broad SMARTS) is 1. The van der Waals surface area contributed by atoms with Crippen molar-refractivity contribution in [1.82, 2.24) is 85.1 Å². The van der Waals surface area contributed by atoms with Crippen molar-refractivity contribution in [2.45, 2.75) is 374 Å². The number of unbranched alkanes of at least 4 members (excludes halogenated alkanes) is 6. The SMILES string of the molecule is CC(C)C[C@H](NC(=O)[C@H](C)NC(=O)[C@H](CC(C)C)NC(=O)[C@@H](N)CCCCN)C(=O)N[C@@H](CCCCN)C(=O)N[C@@H](C)C(=O)N[C@@H](CC(C)C)C(=O)N[C@@H](CCCCN)C(=O)N[C@@H](CCCCN)C(=O)N[C@@H](CC(C)C)C(=O)N[C@@H](CCCCN)C(=O)N[C@@H](C)C(=O)N[C@@H](CC(=O)O)C(=O)N[C@@H](CC(C)C)C(=O)N[C@@H](CCCCN)C(=O)N[C@@H](CC(C)C)C(=O)N[C@@H](C)C(N)=O. The Morgan fingerprint density at radius 1 is 0.206 bits per heavy atom. The Morgan fingerprint density at radius 3 is 0.573 bits per heavy atom. The van der Waals surface area contributed by atoms with Crippen molar-refractivity contribution in [2.24, 2.45) is 81.4 Å². The molecule has 0 aromatic heterocycles. The van der Waals surface area contributed by atoms with Crippen molar-refractivity contribution in [3.63, 3.8) is 0 Å². The number of carboxylic acids is 1. The van der Waals surface area contributed by atoms with Gasteiger partial charge in [-0.3, -0.25) is 86.3 Å². The van der Waals surface area contributed by atoms with Crippen LogP contribution in [0, 0.1) is 35.5 Å². The van der Waals surface area contributed by atoms with E-state index in [4.69, 9.17) is 45.9 Å². The van der Waals surface area contributed by atoms with Crippen LogP contribution in [-0.2, 0) is 86.3 Å². The summed E-state index contributed by atoms with van der Waals surface area (Å²) in [4.78, 5) is 251. The Hall–Kier alpha value is -9.82. The van der Waals surface area contributed by atoms with Crippen LogP contribution in [0.1, 0.15) is 271 Å². The van der Waals surface area contributed by atoms with Gasteiger partial charge in [0.05, 0.1) is 12.5 Å². The second-order valence-electron chi connectivity index (χ2n) is 36.7. The number of primary amides is 1. The van der Waals surface area contributed by atoms with Gasteiger partial charge in [0, 0.05) is 0 Å². The molecule has 0 aliphatic carbocycles. The minimum absolute atomic E-state index is 0.0126. The molecular formula is C88H166N24O19. The smallest absolute Gasteiger partial charge is 0.305 e. The van der Waals surface area contributed by atoms with E-state index in [2.05, 4.69) is 85.1 Å². The number of hydrogen-bond acceptors (Lipinski definition) is 25. The molecule has 0 aromatic carbocycles. The zero-order valence-electron chi connectivity index (χ0n) is 80.6. The van der Waals surface area contributed by atoms with Crippen molar-refractivity contribution < 1.29 is 91.4 Å². The molecule has 131 heavy (non-hydrogen) atoms. The number of carbonyl (C=O) groups is 18. The molecule has 0 heterocycles. The van der Waals surface area contributed by atoms with Crippen molar-refractivity contribution in [3.8, 4) is 0 Å². The van der Waals surface area contributed by atoms with E-state index in [1.165, 1.54) is 27.7 Å². The molecule has 0 rings (SSSR count). The largest absolute Gasteiger partial charge is 0.481 e. The average Bonchev–Trinajstić information content (AvgIpc) is 0.846. The Kier molecular flexibility index (Phi) is 61.5. The Bertz CT molecular complexity index is 3580. The number of carbonyl (C=O) groups excluding carboxylic acids is 17. The lowest BCUT2D eigenvalue weighted by Crippen LogP contribution is -2.61. The first kappa shape index (κ1) is 121. The molecule has 0 radical (unpaired) electrons. The van der Waals surface area contributed by atoms with Gasteiger partial charge < -0.3 is 136 Å². The maximum Gasteiger partial charge on any atom is 0.305 e. The lowest BCUT2D eigenvalue weighted by atomic mass is 10.00. The predicted octanol–water partition coefficient (Wildman–Crippen LogP) is -2.84. The topological polar surface area (TPSA) is 728 Å². The number of nitrogens with one attached hydrogen (secondary N) is 16. The zero-order chi connectivity index (χ0) is 99.9. The van der Waals surface area contributed by atoms with E-state index in [-0.39, 0.29) is 152 Å². The fourth-order valence-electron chi connectivity index (χ4n) is 13.9. The molecule has 0 aromatic rings. The van der Waals surface area contributed by atoms with Gasteiger partial charge in [-0.25, -0.2) is 0 Å². The van der Waals surface area contributed by atoms with E-state index in [9.17, 15) is 91.4 Å². The van der Waals surface area contributed by atoms with Gasteiger partial charge in [-0.2, -0.15) is 0 Å². The van der Waals surface area contributed by atoms with E-state index >= 15 is 0 Å². The quantitative estimate of drug-likeness (QED) is 0.0273. The van der Waals surface area contributed by atoms with Crippen molar-refractivity contribution in [1.29, 1.82) is 0 Å². The van der Waals surface area contributed by atoms with Crippen LogP contribution >= 0.6 is 0 Å². The van der Waals surface area contributed by atoms with Crippen LogP contribution < -0.4 is 131 Å². The van der Waals surface area contributed by atoms with Crippen LogP contribution in [0.25, 0.3) is 0 Å². The Labute approximate surface area is 774 Å². The summed E-state index contributed by atoms with van der Waals surface area (Å²) in [5.41, 5.74) is 46.3. The first-order chi connectivity index (χ1) is 61.5. The maximum absolute atomic E-state index is 14.8. The highest BCUT2D eigenvalue weighted by atomic mass is 16.4. The summed E-state index contributed by atoms with van der Waals surface area (Å²) in [6.45, 7) is 28.3. The minimum Gasteiger partial charge on any atom is -0.481 e. The third-order valence-electron chi connectivity index (χ3n) is 21.3. The monoisotopic (exact) mass is 1860 g/mol. The number of aliphatic carboxylic acids is 1. The molecule has 0 aliphatic rings. The number of rotatable bonds is 71. The first-order valence-corrected chi connectivity index (χ1v) is 46.8. The molecule has 43 heteroatoms.